The minimum Gasteiger partial charge on any atom is -0.457 e. The summed E-state index contributed by atoms with van der Waals surface area (Å²) in [6, 6.07) is 12.0. The van der Waals surface area contributed by atoms with Crippen LogP contribution in [0.3, 0.4) is 0 Å². The second-order valence-electron chi connectivity index (χ2n) is 4.10. The molecule has 0 aliphatic rings. The molecule has 0 spiro atoms. The first kappa shape index (κ1) is 12.1. The quantitative estimate of drug-likeness (QED) is 0.792. The summed E-state index contributed by atoms with van der Waals surface area (Å²) in [5.74, 6) is 0.745. The summed E-state index contributed by atoms with van der Waals surface area (Å²) in [5, 5.41) is 8.83. The topological polar surface area (TPSA) is 33.0 Å². The Labute approximate surface area is 105 Å². The summed E-state index contributed by atoms with van der Waals surface area (Å²) in [7, 11) is 0. The van der Waals surface area contributed by atoms with Gasteiger partial charge in [-0.3, -0.25) is 0 Å². The highest BCUT2D eigenvalue weighted by Crippen LogP contribution is 2.25. The second kappa shape index (κ2) is 4.89. The smallest absolute Gasteiger partial charge is 0.130 e. The lowest BCUT2D eigenvalue weighted by molar-refractivity contribution is 0.475. The van der Waals surface area contributed by atoms with Crippen LogP contribution in [0.1, 0.15) is 16.7 Å². The number of hydrogen-bond acceptors (Lipinski definition) is 2. The Morgan fingerprint density at radius 3 is 2.28 bits per heavy atom. The number of benzene rings is 2. The Balaban J connectivity index is 2.26. The van der Waals surface area contributed by atoms with Crippen LogP contribution in [0.25, 0.3) is 0 Å². The Hall–Kier alpha value is -2.34. The molecule has 0 amide bonds. The Morgan fingerprint density at radius 1 is 1.00 bits per heavy atom. The monoisotopic (exact) mass is 241 g/mol. The van der Waals surface area contributed by atoms with Gasteiger partial charge in [0.05, 0.1) is 11.6 Å². The third-order valence-electron chi connectivity index (χ3n) is 2.70. The molecule has 0 radical (unpaired) electrons. The zero-order valence-electron chi connectivity index (χ0n) is 10.2. The van der Waals surface area contributed by atoms with E-state index in [4.69, 9.17) is 10.00 Å². The lowest BCUT2D eigenvalue weighted by Gasteiger charge is -2.08. The SMILES string of the molecule is Cc1ccc(Oc2ccc(C#N)c(C)c2)cc1F. The van der Waals surface area contributed by atoms with Crippen molar-refractivity contribution in [3.05, 3.63) is 58.9 Å². The Kier molecular flexibility index (Phi) is 3.29. The molecular formula is C15H12FNO. The first-order chi connectivity index (χ1) is 8.60. The van der Waals surface area contributed by atoms with Crippen molar-refractivity contribution < 1.29 is 9.13 Å². The van der Waals surface area contributed by atoms with Gasteiger partial charge >= 0.3 is 0 Å². The number of rotatable bonds is 2. The van der Waals surface area contributed by atoms with E-state index in [0.29, 0.717) is 22.6 Å². The van der Waals surface area contributed by atoms with E-state index in [1.807, 2.05) is 6.92 Å². The summed E-state index contributed by atoms with van der Waals surface area (Å²) >= 11 is 0. The van der Waals surface area contributed by atoms with Crippen molar-refractivity contribution in [2.45, 2.75) is 13.8 Å². The maximum absolute atomic E-state index is 13.4. The average molecular weight is 241 g/mol. The van der Waals surface area contributed by atoms with E-state index in [-0.39, 0.29) is 5.82 Å². The van der Waals surface area contributed by atoms with Crippen molar-refractivity contribution in [1.29, 1.82) is 5.26 Å². The molecule has 3 heteroatoms. The maximum atomic E-state index is 13.4. The standard InChI is InChI=1S/C15H12FNO/c1-10-3-5-14(8-15(10)16)18-13-6-4-12(9-17)11(2)7-13/h3-8H,1-2H3. The molecule has 2 aromatic rings. The van der Waals surface area contributed by atoms with Crippen LogP contribution in [0.2, 0.25) is 0 Å². The molecule has 0 aliphatic carbocycles. The lowest BCUT2D eigenvalue weighted by atomic mass is 10.1. The average Bonchev–Trinajstić information content (AvgIpc) is 2.34. The van der Waals surface area contributed by atoms with E-state index in [0.717, 1.165) is 5.56 Å². The molecule has 0 atom stereocenters. The van der Waals surface area contributed by atoms with Crippen LogP contribution in [0.15, 0.2) is 36.4 Å². The van der Waals surface area contributed by atoms with Crippen LogP contribution >= 0.6 is 0 Å². The summed E-state index contributed by atoms with van der Waals surface area (Å²) in [4.78, 5) is 0. The Bertz CT molecular complexity index is 629. The van der Waals surface area contributed by atoms with Gasteiger partial charge in [-0.05, 0) is 49.2 Å². The van der Waals surface area contributed by atoms with E-state index in [2.05, 4.69) is 6.07 Å². The largest absolute Gasteiger partial charge is 0.457 e. The van der Waals surface area contributed by atoms with E-state index >= 15 is 0 Å². The van der Waals surface area contributed by atoms with Crippen molar-refractivity contribution in [1.82, 2.24) is 0 Å². The number of aryl methyl sites for hydroxylation is 2. The number of ether oxygens (including phenoxy) is 1. The highest BCUT2D eigenvalue weighted by Gasteiger charge is 2.04. The van der Waals surface area contributed by atoms with E-state index in [1.165, 1.54) is 6.07 Å². The highest BCUT2D eigenvalue weighted by atomic mass is 19.1. The molecule has 0 saturated heterocycles. The van der Waals surface area contributed by atoms with Gasteiger partial charge in [0.25, 0.3) is 0 Å². The number of nitrogens with zero attached hydrogens (tertiary/aromatic N) is 1. The molecular weight excluding hydrogens is 229 g/mol. The van der Waals surface area contributed by atoms with Crippen LogP contribution < -0.4 is 4.74 Å². The molecule has 90 valence electrons. The summed E-state index contributed by atoms with van der Waals surface area (Å²) in [6.07, 6.45) is 0. The summed E-state index contributed by atoms with van der Waals surface area (Å²) in [5.41, 5.74) is 2.03. The highest BCUT2D eigenvalue weighted by molar-refractivity contribution is 5.43. The second-order valence-corrected chi connectivity index (χ2v) is 4.10. The van der Waals surface area contributed by atoms with Gasteiger partial charge in [-0.15, -0.1) is 0 Å². The predicted molar refractivity (Wildman–Crippen MR) is 67.1 cm³/mol. The van der Waals surface area contributed by atoms with Crippen molar-refractivity contribution in [2.75, 3.05) is 0 Å². The molecule has 0 heterocycles. The first-order valence-electron chi connectivity index (χ1n) is 5.55. The van der Waals surface area contributed by atoms with Crippen molar-refractivity contribution in [3.63, 3.8) is 0 Å². The molecule has 18 heavy (non-hydrogen) atoms. The number of hydrogen-bond donors (Lipinski definition) is 0. The molecule has 2 rings (SSSR count). The van der Waals surface area contributed by atoms with E-state index < -0.39 is 0 Å². The van der Waals surface area contributed by atoms with Crippen LogP contribution in [-0.4, -0.2) is 0 Å². The Morgan fingerprint density at radius 2 is 1.67 bits per heavy atom. The van der Waals surface area contributed by atoms with Crippen LogP contribution in [-0.2, 0) is 0 Å². The molecule has 2 nitrogen and oxygen atoms in total. The fraction of sp³-hybridized carbons (Fsp3) is 0.133. The van der Waals surface area contributed by atoms with E-state index in [9.17, 15) is 4.39 Å². The number of nitriles is 1. The van der Waals surface area contributed by atoms with Crippen molar-refractivity contribution in [3.8, 4) is 17.6 Å². The predicted octanol–water partition coefficient (Wildman–Crippen LogP) is 4.11. The molecule has 0 aliphatic heterocycles. The van der Waals surface area contributed by atoms with Gasteiger partial charge < -0.3 is 4.74 Å². The molecule has 0 bridgehead atoms. The van der Waals surface area contributed by atoms with Crippen molar-refractivity contribution >= 4 is 0 Å². The maximum Gasteiger partial charge on any atom is 0.130 e. The van der Waals surface area contributed by atoms with E-state index in [1.54, 1.807) is 37.3 Å². The molecule has 0 saturated carbocycles. The van der Waals surface area contributed by atoms with Gasteiger partial charge in [0.1, 0.15) is 17.3 Å². The van der Waals surface area contributed by atoms with Gasteiger partial charge in [0.15, 0.2) is 0 Å². The van der Waals surface area contributed by atoms with Crippen LogP contribution in [0, 0.1) is 31.0 Å². The zero-order valence-corrected chi connectivity index (χ0v) is 10.2. The van der Waals surface area contributed by atoms with Gasteiger partial charge in [0, 0.05) is 6.07 Å². The van der Waals surface area contributed by atoms with Gasteiger partial charge in [0.2, 0.25) is 0 Å². The van der Waals surface area contributed by atoms with Gasteiger partial charge in [-0.2, -0.15) is 5.26 Å². The minimum absolute atomic E-state index is 0.294. The molecule has 0 fully saturated rings. The third kappa shape index (κ3) is 2.49. The summed E-state index contributed by atoms with van der Waals surface area (Å²) < 4.78 is 18.9. The fourth-order valence-corrected chi connectivity index (χ4v) is 1.60. The first-order valence-corrected chi connectivity index (χ1v) is 5.55. The lowest BCUT2D eigenvalue weighted by Crippen LogP contribution is -1.89. The fourth-order valence-electron chi connectivity index (χ4n) is 1.60. The third-order valence-corrected chi connectivity index (χ3v) is 2.70. The molecule has 0 N–H and O–H groups in total. The molecule has 0 unspecified atom stereocenters. The molecule has 0 aromatic heterocycles. The van der Waals surface area contributed by atoms with Crippen LogP contribution in [0.4, 0.5) is 4.39 Å². The zero-order chi connectivity index (χ0) is 13.1. The molecule has 2 aromatic carbocycles. The van der Waals surface area contributed by atoms with Gasteiger partial charge in [-0.25, -0.2) is 4.39 Å². The minimum atomic E-state index is -0.294. The van der Waals surface area contributed by atoms with Crippen molar-refractivity contribution in [2.24, 2.45) is 0 Å². The normalized spacial score (nSPS) is 9.89. The summed E-state index contributed by atoms with van der Waals surface area (Å²) in [6.45, 7) is 3.53. The number of halogens is 1. The van der Waals surface area contributed by atoms with Gasteiger partial charge in [-0.1, -0.05) is 6.07 Å². The van der Waals surface area contributed by atoms with Crippen LogP contribution in [0.5, 0.6) is 11.5 Å².